The van der Waals surface area contributed by atoms with Gasteiger partial charge in [-0.3, -0.25) is 0 Å². The Morgan fingerprint density at radius 1 is 1.06 bits per heavy atom. The zero-order chi connectivity index (χ0) is 12.8. The third-order valence-corrected chi connectivity index (χ3v) is 3.56. The van der Waals surface area contributed by atoms with E-state index < -0.39 is 0 Å². The molecule has 0 N–H and O–H groups in total. The van der Waals surface area contributed by atoms with Crippen molar-refractivity contribution in [1.29, 1.82) is 0 Å². The van der Waals surface area contributed by atoms with Gasteiger partial charge in [-0.1, -0.05) is 20.8 Å². The largest absolute Gasteiger partial charge is 0.309 e. The van der Waals surface area contributed by atoms with Crippen LogP contribution in [0.15, 0.2) is 0 Å². The minimum atomic E-state index is 0.359. The molecule has 0 spiro atoms. The molecule has 0 aliphatic heterocycles. The molecule has 0 aliphatic rings. The third-order valence-electron chi connectivity index (χ3n) is 3.12. The third kappa shape index (κ3) is 7.53. The predicted octanol–water partition coefficient (Wildman–Crippen LogP) is 2.46. The van der Waals surface area contributed by atoms with Gasteiger partial charge >= 0.3 is 0 Å². The van der Waals surface area contributed by atoms with Crippen LogP contribution in [0.5, 0.6) is 0 Å². The lowest BCUT2D eigenvalue weighted by atomic mass is 9.81. The van der Waals surface area contributed by atoms with E-state index in [0.29, 0.717) is 11.3 Å². The second-order valence-corrected chi connectivity index (χ2v) is 6.53. The van der Waals surface area contributed by atoms with Crippen molar-refractivity contribution in [1.82, 2.24) is 9.80 Å². The highest BCUT2D eigenvalue weighted by Gasteiger charge is 2.24. The Balaban J connectivity index is 3.88. The number of nitrogens with zero attached hydrogens (tertiary/aromatic N) is 2. The summed E-state index contributed by atoms with van der Waals surface area (Å²) in [5, 5.41) is 0. The maximum atomic E-state index is 4.47. The summed E-state index contributed by atoms with van der Waals surface area (Å²) in [5.74, 6) is 1.64. The van der Waals surface area contributed by atoms with Crippen molar-refractivity contribution in [3.05, 3.63) is 0 Å². The maximum Gasteiger partial charge on any atom is 0.00194 e. The van der Waals surface area contributed by atoms with Gasteiger partial charge in [0.25, 0.3) is 0 Å². The molecule has 0 aliphatic carbocycles. The lowest BCUT2D eigenvalue weighted by Gasteiger charge is -2.33. The van der Waals surface area contributed by atoms with Crippen LogP contribution in [0.1, 0.15) is 27.2 Å². The number of rotatable bonds is 7. The molecule has 1 unspecified atom stereocenters. The zero-order valence-electron chi connectivity index (χ0n) is 12.0. The van der Waals surface area contributed by atoms with Gasteiger partial charge in [-0.2, -0.15) is 12.6 Å². The van der Waals surface area contributed by atoms with Gasteiger partial charge in [0.05, 0.1) is 0 Å². The SMILES string of the molecule is CN(C)CCCN(C)CC(CS)C(C)(C)C. The second-order valence-electron chi connectivity index (χ2n) is 6.16. The fourth-order valence-electron chi connectivity index (χ4n) is 1.73. The van der Waals surface area contributed by atoms with Gasteiger partial charge in [0.2, 0.25) is 0 Å². The smallest absolute Gasteiger partial charge is 0.00194 e. The summed E-state index contributed by atoms with van der Waals surface area (Å²) >= 11 is 4.47. The first-order chi connectivity index (χ1) is 7.27. The molecular formula is C13H30N2S. The van der Waals surface area contributed by atoms with Gasteiger partial charge in [-0.25, -0.2) is 0 Å². The van der Waals surface area contributed by atoms with E-state index in [0.717, 1.165) is 12.3 Å². The maximum absolute atomic E-state index is 4.47. The van der Waals surface area contributed by atoms with E-state index in [1.807, 2.05) is 0 Å². The molecule has 0 heterocycles. The van der Waals surface area contributed by atoms with Gasteiger partial charge in [0, 0.05) is 6.54 Å². The summed E-state index contributed by atoms with van der Waals surface area (Å²) in [6, 6.07) is 0. The Labute approximate surface area is 108 Å². The first-order valence-electron chi connectivity index (χ1n) is 6.21. The van der Waals surface area contributed by atoms with Crippen molar-refractivity contribution in [3.63, 3.8) is 0 Å². The van der Waals surface area contributed by atoms with E-state index >= 15 is 0 Å². The molecular weight excluding hydrogens is 216 g/mol. The molecule has 16 heavy (non-hydrogen) atoms. The van der Waals surface area contributed by atoms with Crippen LogP contribution in [0.4, 0.5) is 0 Å². The van der Waals surface area contributed by atoms with Gasteiger partial charge in [-0.15, -0.1) is 0 Å². The Morgan fingerprint density at radius 3 is 2.00 bits per heavy atom. The van der Waals surface area contributed by atoms with Crippen LogP contribution < -0.4 is 0 Å². The summed E-state index contributed by atoms with van der Waals surface area (Å²) < 4.78 is 0. The minimum absolute atomic E-state index is 0.359. The molecule has 0 amide bonds. The lowest BCUT2D eigenvalue weighted by molar-refractivity contribution is 0.183. The molecule has 0 rings (SSSR count). The topological polar surface area (TPSA) is 6.48 Å². The van der Waals surface area contributed by atoms with Crippen molar-refractivity contribution in [2.24, 2.45) is 11.3 Å². The van der Waals surface area contributed by atoms with Gasteiger partial charge < -0.3 is 9.80 Å². The number of hydrogen-bond donors (Lipinski definition) is 1. The molecule has 0 saturated carbocycles. The summed E-state index contributed by atoms with van der Waals surface area (Å²) in [5.41, 5.74) is 0.359. The van der Waals surface area contributed by atoms with Crippen LogP contribution in [0.3, 0.4) is 0 Å². The average Bonchev–Trinajstić information content (AvgIpc) is 2.11. The molecule has 0 radical (unpaired) electrons. The normalized spacial score (nSPS) is 14.8. The molecule has 0 aromatic carbocycles. The molecule has 0 aromatic rings. The van der Waals surface area contributed by atoms with Crippen LogP contribution >= 0.6 is 12.6 Å². The lowest BCUT2D eigenvalue weighted by Crippen LogP contribution is -2.35. The Kier molecular flexibility index (Phi) is 7.70. The summed E-state index contributed by atoms with van der Waals surface area (Å²) in [7, 11) is 6.48. The van der Waals surface area contributed by atoms with Crippen LogP contribution in [-0.2, 0) is 0 Å². The Bertz CT molecular complexity index is 175. The van der Waals surface area contributed by atoms with Crippen molar-refractivity contribution < 1.29 is 0 Å². The molecule has 0 bridgehead atoms. The van der Waals surface area contributed by atoms with Gasteiger partial charge in [-0.05, 0) is 57.7 Å². The highest BCUT2D eigenvalue weighted by atomic mass is 32.1. The van der Waals surface area contributed by atoms with Crippen LogP contribution in [-0.4, -0.2) is 56.3 Å². The number of thiol groups is 1. The fraction of sp³-hybridized carbons (Fsp3) is 1.00. The molecule has 2 nitrogen and oxygen atoms in total. The van der Waals surface area contributed by atoms with Crippen LogP contribution in [0.25, 0.3) is 0 Å². The van der Waals surface area contributed by atoms with Crippen molar-refractivity contribution >= 4 is 12.6 Å². The fourth-order valence-corrected chi connectivity index (χ4v) is 2.39. The van der Waals surface area contributed by atoms with Crippen molar-refractivity contribution in [2.75, 3.05) is 46.5 Å². The molecule has 98 valence electrons. The summed E-state index contributed by atoms with van der Waals surface area (Å²) in [4.78, 5) is 4.68. The summed E-state index contributed by atoms with van der Waals surface area (Å²) in [6.07, 6.45) is 1.24. The van der Waals surface area contributed by atoms with E-state index in [4.69, 9.17) is 0 Å². The van der Waals surface area contributed by atoms with Crippen molar-refractivity contribution in [2.45, 2.75) is 27.2 Å². The summed E-state index contributed by atoms with van der Waals surface area (Å²) in [6.45, 7) is 10.4. The van der Waals surface area contributed by atoms with E-state index in [2.05, 4.69) is 64.3 Å². The Morgan fingerprint density at radius 2 is 1.62 bits per heavy atom. The van der Waals surface area contributed by atoms with Crippen molar-refractivity contribution in [3.8, 4) is 0 Å². The molecule has 0 fully saturated rings. The van der Waals surface area contributed by atoms with Crippen LogP contribution in [0.2, 0.25) is 0 Å². The van der Waals surface area contributed by atoms with Crippen LogP contribution in [0, 0.1) is 11.3 Å². The number of hydrogen-bond acceptors (Lipinski definition) is 3. The molecule has 0 aromatic heterocycles. The molecule has 1 atom stereocenters. The van der Waals surface area contributed by atoms with Gasteiger partial charge in [0.1, 0.15) is 0 Å². The average molecular weight is 246 g/mol. The predicted molar refractivity (Wildman–Crippen MR) is 77.5 cm³/mol. The highest BCUT2D eigenvalue weighted by molar-refractivity contribution is 7.80. The van der Waals surface area contributed by atoms with E-state index in [1.54, 1.807) is 0 Å². The molecule has 3 heteroatoms. The van der Waals surface area contributed by atoms with E-state index in [9.17, 15) is 0 Å². The minimum Gasteiger partial charge on any atom is -0.309 e. The first kappa shape index (κ1) is 16.3. The monoisotopic (exact) mass is 246 g/mol. The van der Waals surface area contributed by atoms with Gasteiger partial charge in [0.15, 0.2) is 0 Å². The quantitative estimate of drug-likeness (QED) is 0.690. The second kappa shape index (κ2) is 7.57. The highest BCUT2D eigenvalue weighted by Crippen LogP contribution is 2.27. The Hall–Kier alpha value is 0.270. The zero-order valence-corrected chi connectivity index (χ0v) is 12.8. The van der Waals surface area contributed by atoms with E-state index in [-0.39, 0.29) is 0 Å². The van der Waals surface area contributed by atoms with E-state index in [1.165, 1.54) is 19.5 Å². The first-order valence-corrected chi connectivity index (χ1v) is 6.84. The molecule has 0 saturated heterocycles. The standard InChI is InChI=1S/C13H30N2S/c1-13(2,3)12(11-16)10-15(6)9-7-8-14(4)5/h12,16H,7-11H2,1-6H3.